The highest BCUT2D eigenvalue weighted by Gasteiger charge is 2.45. The first-order valence-corrected chi connectivity index (χ1v) is 8.56. The Morgan fingerprint density at radius 1 is 1.35 bits per heavy atom. The first-order valence-electron chi connectivity index (χ1n) is 8.56. The SMILES string of the molecule is COc1ccc(CCN2C(=O)C[C@H](C(=O)O)[C@H]2c2cnn(C)c2C)cc1. The van der Waals surface area contributed by atoms with E-state index in [1.807, 2.05) is 38.2 Å². The van der Waals surface area contributed by atoms with E-state index in [1.165, 1.54) is 0 Å². The van der Waals surface area contributed by atoms with Crippen LogP contribution in [-0.2, 0) is 23.1 Å². The van der Waals surface area contributed by atoms with E-state index in [9.17, 15) is 14.7 Å². The third-order valence-corrected chi connectivity index (χ3v) is 5.14. The molecule has 1 aromatic carbocycles. The Kier molecular flexibility index (Phi) is 4.97. The first kappa shape index (κ1) is 18.0. The third-order valence-electron chi connectivity index (χ3n) is 5.14. The monoisotopic (exact) mass is 357 g/mol. The Bertz CT molecular complexity index is 813. The fraction of sp³-hybridized carbons (Fsp3) is 0.421. The second kappa shape index (κ2) is 7.19. The minimum atomic E-state index is -0.946. The van der Waals surface area contributed by atoms with Crippen molar-refractivity contribution in [3.63, 3.8) is 0 Å². The highest BCUT2D eigenvalue weighted by atomic mass is 16.5. The van der Waals surface area contributed by atoms with Gasteiger partial charge in [-0.3, -0.25) is 14.3 Å². The van der Waals surface area contributed by atoms with E-state index >= 15 is 0 Å². The minimum absolute atomic E-state index is 0.0247. The van der Waals surface area contributed by atoms with Crippen molar-refractivity contribution in [3.8, 4) is 5.75 Å². The fourth-order valence-electron chi connectivity index (χ4n) is 3.51. The Balaban J connectivity index is 1.83. The highest BCUT2D eigenvalue weighted by molar-refractivity contribution is 5.87. The minimum Gasteiger partial charge on any atom is -0.497 e. The van der Waals surface area contributed by atoms with E-state index in [-0.39, 0.29) is 12.3 Å². The molecule has 0 aliphatic carbocycles. The molecule has 1 aromatic heterocycles. The Hall–Kier alpha value is -2.83. The Labute approximate surface area is 152 Å². The average Bonchev–Trinajstić information content (AvgIpc) is 3.13. The highest BCUT2D eigenvalue weighted by Crippen LogP contribution is 2.39. The predicted molar refractivity (Wildman–Crippen MR) is 94.8 cm³/mol. The zero-order valence-electron chi connectivity index (χ0n) is 15.2. The summed E-state index contributed by atoms with van der Waals surface area (Å²) < 4.78 is 6.86. The largest absolute Gasteiger partial charge is 0.497 e. The number of carbonyl (C=O) groups excluding carboxylic acids is 1. The van der Waals surface area contributed by atoms with Gasteiger partial charge in [-0.1, -0.05) is 12.1 Å². The smallest absolute Gasteiger partial charge is 0.309 e. The molecule has 1 aliphatic heterocycles. The van der Waals surface area contributed by atoms with E-state index in [2.05, 4.69) is 5.10 Å². The van der Waals surface area contributed by atoms with Crippen LogP contribution in [0.3, 0.4) is 0 Å². The molecule has 1 saturated heterocycles. The molecule has 7 heteroatoms. The lowest BCUT2D eigenvalue weighted by Crippen LogP contribution is -2.32. The van der Waals surface area contributed by atoms with E-state index < -0.39 is 17.9 Å². The number of nitrogens with zero attached hydrogens (tertiary/aromatic N) is 3. The molecule has 2 heterocycles. The summed E-state index contributed by atoms with van der Waals surface area (Å²) in [6, 6.07) is 7.19. The molecule has 0 radical (unpaired) electrons. The van der Waals surface area contributed by atoms with Crippen molar-refractivity contribution in [3.05, 3.63) is 47.3 Å². The van der Waals surface area contributed by atoms with E-state index in [1.54, 1.807) is 22.9 Å². The lowest BCUT2D eigenvalue weighted by atomic mass is 9.94. The Morgan fingerprint density at radius 2 is 2.04 bits per heavy atom. The summed E-state index contributed by atoms with van der Waals surface area (Å²) in [6.45, 7) is 2.36. The number of aromatic nitrogens is 2. The number of benzene rings is 1. The van der Waals surface area contributed by atoms with Gasteiger partial charge in [0, 0.05) is 31.3 Å². The van der Waals surface area contributed by atoms with Gasteiger partial charge in [-0.2, -0.15) is 5.10 Å². The number of methoxy groups -OCH3 is 1. The molecule has 0 saturated carbocycles. The molecule has 7 nitrogen and oxygen atoms in total. The molecule has 0 spiro atoms. The van der Waals surface area contributed by atoms with Gasteiger partial charge >= 0.3 is 5.97 Å². The third kappa shape index (κ3) is 3.29. The number of amides is 1. The molecule has 2 atom stereocenters. The predicted octanol–water partition coefficient (Wildman–Crippen LogP) is 1.95. The molecule has 0 unspecified atom stereocenters. The van der Waals surface area contributed by atoms with Crippen LogP contribution in [0.25, 0.3) is 0 Å². The summed E-state index contributed by atoms with van der Waals surface area (Å²) in [5.41, 5.74) is 2.75. The molecule has 0 bridgehead atoms. The second-order valence-corrected chi connectivity index (χ2v) is 6.59. The van der Waals surface area contributed by atoms with Crippen LogP contribution in [0.15, 0.2) is 30.5 Å². The normalized spacial score (nSPS) is 19.8. The number of hydrogen-bond donors (Lipinski definition) is 1. The lowest BCUT2D eigenvalue weighted by molar-refractivity contribution is -0.142. The van der Waals surface area contributed by atoms with Crippen LogP contribution in [-0.4, -0.2) is 45.3 Å². The summed E-state index contributed by atoms with van der Waals surface area (Å²) >= 11 is 0. The summed E-state index contributed by atoms with van der Waals surface area (Å²) in [5, 5.41) is 13.8. The van der Waals surface area contributed by atoms with Gasteiger partial charge in [-0.15, -0.1) is 0 Å². The molecule has 26 heavy (non-hydrogen) atoms. The quantitative estimate of drug-likeness (QED) is 0.854. The van der Waals surface area contributed by atoms with Crippen molar-refractivity contribution in [1.29, 1.82) is 0 Å². The van der Waals surface area contributed by atoms with Crippen LogP contribution in [0.1, 0.15) is 29.3 Å². The number of aliphatic carboxylic acids is 1. The van der Waals surface area contributed by atoms with Crippen molar-refractivity contribution in [2.24, 2.45) is 13.0 Å². The number of ether oxygens (including phenoxy) is 1. The maximum absolute atomic E-state index is 12.5. The van der Waals surface area contributed by atoms with Crippen molar-refractivity contribution in [1.82, 2.24) is 14.7 Å². The zero-order chi connectivity index (χ0) is 18.8. The van der Waals surface area contributed by atoms with E-state index in [0.29, 0.717) is 13.0 Å². The fourth-order valence-corrected chi connectivity index (χ4v) is 3.51. The van der Waals surface area contributed by atoms with Crippen molar-refractivity contribution in [2.45, 2.75) is 25.8 Å². The van der Waals surface area contributed by atoms with E-state index in [0.717, 1.165) is 22.6 Å². The molecular weight excluding hydrogens is 334 g/mol. The van der Waals surface area contributed by atoms with Gasteiger partial charge in [0.25, 0.3) is 0 Å². The summed E-state index contributed by atoms with van der Waals surface area (Å²) in [5.74, 6) is -1.04. The van der Waals surface area contributed by atoms with Crippen LogP contribution >= 0.6 is 0 Å². The molecule has 1 N–H and O–H groups in total. The Morgan fingerprint density at radius 3 is 2.58 bits per heavy atom. The molecule has 2 aromatic rings. The van der Waals surface area contributed by atoms with Gasteiger partial charge in [0.2, 0.25) is 5.91 Å². The van der Waals surface area contributed by atoms with Gasteiger partial charge in [0.1, 0.15) is 5.75 Å². The van der Waals surface area contributed by atoms with Crippen LogP contribution in [0, 0.1) is 12.8 Å². The molecule has 138 valence electrons. The van der Waals surface area contributed by atoms with Gasteiger partial charge in [-0.05, 0) is 31.0 Å². The number of carbonyl (C=O) groups is 2. The van der Waals surface area contributed by atoms with E-state index in [4.69, 9.17) is 4.74 Å². The topological polar surface area (TPSA) is 84.7 Å². The molecule has 1 amide bonds. The standard InChI is InChI=1S/C19H23N3O4/c1-12-16(11-20-21(12)2)18-15(19(24)25)10-17(23)22(18)9-8-13-4-6-14(26-3)7-5-13/h4-7,11,15,18H,8-10H2,1-3H3,(H,24,25)/t15-,18-/m0/s1. The lowest BCUT2D eigenvalue weighted by Gasteiger charge is -2.27. The number of carboxylic acid groups (broad SMARTS) is 1. The first-order chi connectivity index (χ1) is 12.4. The maximum Gasteiger partial charge on any atom is 0.309 e. The molecule has 1 aliphatic rings. The number of rotatable bonds is 6. The van der Waals surface area contributed by atoms with Crippen LogP contribution < -0.4 is 4.74 Å². The zero-order valence-corrected chi connectivity index (χ0v) is 15.2. The summed E-state index contributed by atoms with van der Waals surface area (Å²) in [7, 11) is 3.43. The van der Waals surface area contributed by atoms with Gasteiger partial charge in [0.15, 0.2) is 0 Å². The van der Waals surface area contributed by atoms with Crippen molar-refractivity contribution in [2.75, 3.05) is 13.7 Å². The van der Waals surface area contributed by atoms with Gasteiger partial charge in [-0.25, -0.2) is 0 Å². The molecular formula is C19H23N3O4. The average molecular weight is 357 g/mol. The number of hydrogen-bond acceptors (Lipinski definition) is 4. The van der Waals surface area contributed by atoms with Crippen LogP contribution in [0.4, 0.5) is 0 Å². The van der Waals surface area contributed by atoms with Gasteiger partial charge in [0.05, 0.1) is 25.3 Å². The number of aryl methyl sites for hydroxylation is 1. The van der Waals surface area contributed by atoms with Crippen LogP contribution in [0.5, 0.6) is 5.75 Å². The van der Waals surface area contributed by atoms with Crippen molar-refractivity contribution >= 4 is 11.9 Å². The van der Waals surface area contributed by atoms with Gasteiger partial charge < -0.3 is 14.7 Å². The molecule has 1 fully saturated rings. The van der Waals surface area contributed by atoms with Crippen molar-refractivity contribution < 1.29 is 19.4 Å². The maximum atomic E-state index is 12.5. The van der Waals surface area contributed by atoms with Crippen LogP contribution in [0.2, 0.25) is 0 Å². The number of likely N-dealkylation sites (tertiary alicyclic amines) is 1. The summed E-state index contributed by atoms with van der Waals surface area (Å²) in [4.78, 5) is 25.9. The number of carboxylic acids is 1. The molecule has 3 rings (SSSR count). The second-order valence-electron chi connectivity index (χ2n) is 6.59. The summed E-state index contributed by atoms with van der Waals surface area (Å²) in [6.07, 6.45) is 2.35.